The van der Waals surface area contributed by atoms with Gasteiger partial charge in [-0.15, -0.1) is 0 Å². The predicted octanol–water partition coefficient (Wildman–Crippen LogP) is 3.06. The number of nitrogens with zero attached hydrogens (tertiary/aromatic N) is 3. The Bertz CT molecular complexity index is 1350. The van der Waals surface area contributed by atoms with Crippen LogP contribution in [0.2, 0.25) is 0 Å². The number of benzene rings is 1. The van der Waals surface area contributed by atoms with Crippen molar-refractivity contribution in [2.24, 2.45) is 28.0 Å². The van der Waals surface area contributed by atoms with Crippen LogP contribution in [0.25, 0.3) is 0 Å². The van der Waals surface area contributed by atoms with E-state index in [1.165, 1.54) is 0 Å². The van der Waals surface area contributed by atoms with Gasteiger partial charge in [0.2, 0.25) is 11.8 Å². The highest BCUT2D eigenvalue weighted by Gasteiger charge is 2.42. The lowest BCUT2D eigenvalue weighted by molar-refractivity contribution is -0.130. The SMILES string of the molecule is CC.CC.CNC(=O)c1ccc2c(c1)CC(C)=C(/C=C\C(C)C(=O)NC)C(CC(C)NCC(=O)N1CCC[C@H]1C#N)(/C(N)=N/NN)C2. The number of carbonyl (C=O) groups excluding carboxylic acids is 3. The number of fused-ring (bicyclic) bond motifs is 1. The van der Waals surface area contributed by atoms with Gasteiger partial charge in [-0.1, -0.05) is 58.4 Å². The summed E-state index contributed by atoms with van der Waals surface area (Å²) >= 11 is 0. The van der Waals surface area contributed by atoms with Gasteiger partial charge < -0.3 is 26.6 Å². The van der Waals surface area contributed by atoms with Crippen LogP contribution in [-0.2, 0) is 22.4 Å². The summed E-state index contributed by atoms with van der Waals surface area (Å²) in [6.07, 6.45) is 6.75. The minimum absolute atomic E-state index is 0.0786. The third-order valence-electron chi connectivity index (χ3n) is 8.48. The van der Waals surface area contributed by atoms with E-state index in [2.05, 4.69) is 32.7 Å². The van der Waals surface area contributed by atoms with Crippen LogP contribution in [0, 0.1) is 22.7 Å². The van der Waals surface area contributed by atoms with Crippen molar-refractivity contribution in [3.63, 3.8) is 0 Å². The number of rotatable bonds is 11. The normalized spacial score (nSPS) is 20.3. The van der Waals surface area contributed by atoms with E-state index in [0.717, 1.165) is 28.7 Å². The minimum atomic E-state index is -0.882. The maximum atomic E-state index is 13.0. The Morgan fingerprint density at radius 1 is 1.15 bits per heavy atom. The van der Waals surface area contributed by atoms with Crippen LogP contribution >= 0.6 is 0 Å². The second kappa shape index (κ2) is 20.1. The lowest BCUT2D eigenvalue weighted by Gasteiger charge is -2.37. The first-order chi connectivity index (χ1) is 22.5. The zero-order chi connectivity index (χ0) is 35.7. The number of nitriles is 1. The summed E-state index contributed by atoms with van der Waals surface area (Å²) in [5, 5.41) is 22.4. The van der Waals surface area contributed by atoms with Gasteiger partial charge in [-0.2, -0.15) is 10.4 Å². The summed E-state index contributed by atoms with van der Waals surface area (Å²) in [6, 6.07) is 7.26. The smallest absolute Gasteiger partial charge is 0.251 e. The molecule has 12 heteroatoms. The third kappa shape index (κ3) is 10.4. The highest BCUT2D eigenvalue weighted by molar-refractivity contribution is 5.95. The first-order valence-corrected chi connectivity index (χ1v) is 16.7. The number of hydrazine groups is 1. The van der Waals surface area contributed by atoms with Crippen LogP contribution in [-0.4, -0.2) is 67.7 Å². The molecule has 12 nitrogen and oxygen atoms in total. The molecule has 1 aliphatic heterocycles. The Morgan fingerprint density at radius 2 is 1.83 bits per heavy atom. The summed E-state index contributed by atoms with van der Waals surface area (Å²) < 4.78 is 0. The van der Waals surface area contributed by atoms with Crippen LogP contribution in [0.3, 0.4) is 0 Å². The average Bonchev–Trinajstić information content (AvgIpc) is 3.54. The zero-order valence-corrected chi connectivity index (χ0v) is 29.8. The van der Waals surface area contributed by atoms with Crippen LogP contribution in [0.1, 0.15) is 89.2 Å². The number of hydrogen-bond acceptors (Lipinski definition) is 8. The topological polar surface area (TPSA) is 191 Å². The maximum Gasteiger partial charge on any atom is 0.251 e. The molecule has 0 spiro atoms. The maximum absolute atomic E-state index is 13.0. The summed E-state index contributed by atoms with van der Waals surface area (Å²) in [5.74, 6) is 5.09. The van der Waals surface area contributed by atoms with Crippen molar-refractivity contribution < 1.29 is 14.4 Å². The molecule has 3 rings (SSSR count). The fraction of sp³-hybridized carbons (Fsp3) is 0.571. The molecule has 47 heavy (non-hydrogen) atoms. The largest absolute Gasteiger partial charge is 0.385 e. The summed E-state index contributed by atoms with van der Waals surface area (Å²) in [6.45, 7) is 14.5. The molecule has 260 valence electrons. The van der Waals surface area contributed by atoms with Crippen molar-refractivity contribution in [1.29, 1.82) is 5.26 Å². The Hall–Kier alpha value is -4.21. The van der Waals surface area contributed by atoms with E-state index in [-0.39, 0.29) is 36.1 Å². The average molecular weight is 652 g/mol. The number of hydrogen-bond donors (Lipinski definition) is 6. The number of amides is 3. The first-order valence-electron chi connectivity index (χ1n) is 16.7. The van der Waals surface area contributed by atoms with Gasteiger partial charge in [0.05, 0.1) is 23.9 Å². The van der Waals surface area contributed by atoms with Crippen molar-refractivity contribution in [3.8, 4) is 6.07 Å². The third-order valence-corrected chi connectivity index (χ3v) is 8.48. The molecule has 1 fully saturated rings. The predicted molar refractivity (Wildman–Crippen MR) is 189 cm³/mol. The van der Waals surface area contributed by atoms with Crippen molar-refractivity contribution in [3.05, 3.63) is 58.2 Å². The highest BCUT2D eigenvalue weighted by atomic mass is 16.2. The van der Waals surface area contributed by atoms with Crippen LogP contribution in [0.15, 0.2) is 46.6 Å². The monoisotopic (exact) mass is 651 g/mol. The van der Waals surface area contributed by atoms with Crippen molar-refractivity contribution in [2.75, 3.05) is 27.2 Å². The van der Waals surface area contributed by atoms with Crippen LogP contribution < -0.4 is 33.1 Å². The quantitative estimate of drug-likeness (QED) is 0.0910. The molecule has 1 aliphatic carbocycles. The van der Waals surface area contributed by atoms with Gasteiger partial charge in [-0.05, 0) is 74.8 Å². The van der Waals surface area contributed by atoms with E-state index in [0.29, 0.717) is 37.8 Å². The van der Waals surface area contributed by atoms with Gasteiger partial charge >= 0.3 is 0 Å². The van der Waals surface area contributed by atoms with E-state index in [4.69, 9.17) is 11.6 Å². The number of carbonyl (C=O) groups is 3. The number of amidine groups is 1. The lowest BCUT2D eigenvalue weighted by atomic mass is 9.69. The summed E-state index contributed by atoms with van der Waals surface area (Å²) in [7, 11) is 3.20. The molecule has 4 atom stereocenters. The highest BCUT2D eigenvalue weighted by Crippen LogP contribution is 2.44. The molecule has 3 unspecified atom stereocenters. The summed E-state index contributed by atoms with van der Waals surface area (Å²) in [4.78, 5) is 39.4. The number of nitrogens with one attached hydrogen (secondary N) is 4. The fourth-order valence-corrected chi connectivity index (χ4v) is 6.16. The van der Waals surface area contributed by atoms with Crippen molar-refractivity contribution in [2.45, 2.75) is 92.7 Å². The molecule has 0 saturated carbocycles. The molecule has 1 heterocycles. The van der Waals surface area contributed by atoms with Gasteiger partial charge in [0.1, 0.15) is 11.9 Å². The van der Waals surface area contributed by atoms with Gasteiger partial charge in [0.15, 0.2) is 0 Å². The molecule has 1 aromatic carbocycles. The zero-order valence-electron chi connectivity index (χ0n) is 29.8. The molecule has 0 radical (unpaired) electrons. The number of hydrazone groups is 1. The molecule has 3 amide bonds. The molecule has 2 aliphatic rings. The molecule has 1 aromatic rings. The van der Waals surface area contributed by atoms with E-state index in [9.17, 15) is 19.6 Å². The van der Waals surface area contributed by atoms with E-state index >= 15 is 0 Å². The van der Waals surface area contributed by atoms with Gasteiger partial charge in [0.25, 0.3) is 5.91 Å². The van der Waals surface area contributed by atoms with Crippen molar-refractivity contribution in [1.82, 2.24) is 26.4 Å². The van der Waals surface area contributed by atoms with Crippen LogP contribution in [0.5, 0.6) is 0 Å². The molecular formula is C35H57N9O3. The van der Waals surface area contributed by atoms with Gasteiger partial charge in [-0.25, -0.2) is 11.4 Å². The Labute approximate surface area is 281 Å². The molecule has 1 saturated heterocycles. The lowest BCUT2D eigenvalue weighted by Crippen LogP contribution is -2.48. The fourth-order valence-electron chi connectivity index (χ4n) is 6.16. The van der Waals surface area contributed by atoms with Gasteiger partial charge in [0, 0.05) is 32.2 Å². The second-order valence-corrected chi connectivity index (χ2v) is 11.4. The molecule has 0 bridgehead atoms. The second-order valence-electron chi connectivity index (χ2n) is 11.4. The molecule has 0 aromatic heterocycles. The Morgan fingerprint density at radius 3 is 2.43 bits per heavy atom. The number of nitrogens with two attached hydrogens (primary N) is 2. The number of allylic oxidation sites excluding steroid dienone is 2. The first kappa shape index (κ1) is 40.8. The van der Waals surface area contributed by atoms with Crippen LogP contribution in [0.4, 0.5) is 0 Å². The standard InChI is InChI=1S/C31H45N9O3.2C2H6/c1-19(28(42)35-4)8-11-26-20(2)13-24-14-22(29(43)36-5)9-10-23(24)16-31(26,30(33)38-39-34)15-21(3)37-18-27(41)40-12-6-7-25(40)17-32;2*1-2/h8-11,14,19,21,25,37,39H,6-7,12-13,15-16,18,34H2,1-5H3,(H2,33,38)(H,35,42)(H,36,43);2*1-2H3/b11-8-;;/t19?,21?,25-,31?;;/m0../s1. The Kier molecular flexibility index (Phi) is 17.5. The molecule has 8 N–H and O–H groups in total. The van der Waals surface area contributed by atoms with Crippen molar-refractivity contribution >= 4 is 23.6 Å². The molecular weight excluding hydrogens is 594 g/mol. The summed E-state index contributed by atoms with van der Waals surface area (Å²) in [5.41, 5.74) is 12.7. The van der Waals surface area contributed by atoms with Gasteiger partial charge in [-0.3, -0.25) is 14.4 Å². The number of likely N-dealkylation sites (tertiary alicyclic amines) is 1. The minimum Gasteiger partial charge on any atom is -0.385 e. The van der Waals surface area contributed by atoms with E-state index < -0.39 is 17.4 Å². The van der Waals surface area contributed by atoms with E-state index in [1.807, 2.05) is 72.8 Å². The van der Waals surface area contributed by atoms with E-state index in [1.54, 1.807) is 25.1 Å². The Balaban J connectivity index is 0.00000265.